The maximum absolute atomic E-state index is 12.1. The summed E-state index contributed by atoms with van der Waals surface area (Å²) in [7, 11) is 1.69. The van der Waals surface area contributed by atoms with Crippen molar-refractivity contribution in [1.29, 1.82) is 0 Å². The van der Waals surface area contributed by atoms with E-state index in [1.807, 2.05) is 6.07 Å². The molecule has 0 bridgehead atoms. The van der Waals surface area contributed by atoms with Gasteiger partial charge in [0.25, 0.3) is 5.91 Å². The zero-order valence-corrected chi connectivity index (χ0v) is 11.2. The van der Waals surface area contributed by atoms with E-state index in [4.69, 9.17) is 11.6 Å². The molecule has 0 radical (unpaired) electrons. The highest BCUT2D eigenvalue weighted by Gasteiger charge is 2.13. The molecule has 0 aliphatic heterocycles. The molecule has 4 nitrogen and oxygen atoms in total. The number of halogens is 1. The van der Waals surface area contributed by atoms with Crippen LogP contribution in [0.3, 0.4) is 0 Å². The fourth-order valence-corrected chi connectivity index (χ4v) is 2.68. The van der Waals surface area contributed by atoms with E-state index in [0.717, 1.165) is 4.88 Å². The minimum Gasteiger partial charge on any atom is -0.337 e. The van der Waals surface area contributed by atoms with Crippen molar-refractivity contribution in [3.05, 3.63) is 55.6 Å². The molecule has 2 aromatic heterocycles. The van der Waals surface area contributed by atoms with Crippen molar-refractivity contribution in [2.75, 3.05) is 7.05 Å². The van der Waals surface area contributed by atoms with Crippen molar-refractivity contribution in [3.63, 3.8) is 0 Å². The Morgan fingerprint density at radius 1 is 1.44 bits per heavy atom. The summed E-state index contributed by atoms with van der Waals surface area (Å²) in [6, 6.07) is 6.56. The van der Waals surface area contributed by atoms with Gasteiger partial charge < -0.3 is 9.88 Å². The molecule has 0 spiro atoms. The molecule has 1 amide bonds. The van der Waals surface area contributed by atoms with Crippen LogP contribution in [0, 0.1) is 0 Å². The largest absolute Gasteiger partial charge is 0.337 e. The Kier molecular flexibility index (Phi) is 3.84. The first-order chi connectivity index (χ1) is 8.56. The number of carbonyl (C=O) groups is 1. The van der Waals surface area contributed by atoms with Crippen LogP contribution in [0.5, 0.6) is 0 Å². The van der Waals surface area contributed by atoms with Gasteiger partial charge in [-0.1, -0.05) is 11.6 Å². The number of rotatable bonds is 3. The van der Waals surface area contributed by atoms with E-state index in [0.29, 0.717) is 16.4 Å². The highest BCUT2D eigenvalue weighted by Crippen LogP contribution is 2.22. The van der Waals surface area contributed by atoms with Crippen LogP contribution in [-0.4, -0.2) is 22.8 Å². The second kappa shape index (κ2) is 5.37. The van der Waals surface area contributed by atoms with Crippen molar-refractivity contribution >= 4 is 28.8 Å². The molecule has 0 atom stereocenters. The normalized spacial score (nSPS) is 10.3. The first-order valence-electron chi connectivity index (χ1n) is 5.24. The predicted octanol–water partition coefficient (Wildman–Crippen LogP) is 2.36. The van der Waals surface area contributed by atoms with Gasteiger partial charge in [0.15, 0.2) is 0 Å². The summed E-state index contributed by atoms with van der Waals surface area (Å²) in [6.07, 6.45) is 1.46. The van der Waals surface area contributed by atoms with E-state index in [9.17, 15) is 9.59 Å². The first-order valence-corrected chi connectivity index (χ1v) is 6.44. The van der Waals surface area contributed by atoms with E-state index >= 15 is 0 Å². The molecule has 0 fully saturated rings. The molecule has 0 aliphatic carbocycles. The molecule has 18 heavy (non-hydrogen) atoms. The molecule has 6 heteroatoms. The number of carbonyl (C=O) groups excluding carboxylic acids is 1. The summed E-state index contributed by atoms with van der Waals surface area (Å²) in [4.78, 5) is 28.2. The number of H-pyrrole nitrogens is 1. The summed E-state index contributed by atoms with van der Waals surface area (Å²) >= 11 is 7.27. The van der Waals surface area contributed by atoms with Gasteiger partial charge in [-0.15, -0.1) is 11.3 Å². The number of amides is 1. The van der Waals surface area contributed by atoms with Crippen molar-refractivity contribution in [1.82, 2.24) is 9.88 Å². The Bertz CT molecular complexity index is 620. The maximum Gasteiger partial charge on any atom is 0.254 e. The van der Waals surface area contributed by atoms with Gasteiger partial charge in [0, 0.05) is 29.8 Å². The molecular weight excluding hydrogens is 272 g/mol. The Morgan fingerprint density at radius 2 is 2.22 bits per heavy atom. The van der Waals surface area contributed by atoms with Crippen molar-refractivity contribution in [2.24, 2.45) is 0 Å². The SMILES string of the molecule is CN(Cc1ccc(Cl)s1)C(=O)c1cc[nH]c(=O)c1. The number of pyridine rings is 1. The number of thiophene rings is 1. The number of hydrogen-bond donors (Lipinski definition) is 1. The highest BCUT2D eigenvalue weighted by molar-refractivity contribution is 7.16. The van der Waals surface area contributed by atoms with E-state index < -0.39 is 0 Å². The minimum absolute atomic E-state index is 0.189. The van der Waals surface area contributed by atoms with Crippen LogP contribution in [-0.2, 0) is 6.54 Å². The Morgan fingerprint density at radius 3 is 2.83 bits per heavy atom. The number of nitrogens with one attached hydrogen (secondary N) is 1. The van der Waals surface area contributed by atoms with Crippen LogP contribution < -0.4 is 5.56 Å². The van der Waals surface area contributed by atoms with E-state index in [-0.39, 0.29) is 11.5 Å². The second-order valence-corrected chi connectivity index (χ2v) is 5.61. The number of nitrogens with zero attached hydrogens (tertiary/aromatic N) is 1. The molecule has 2 heterocycles. The molecule has 0 saturated carbocycles. The van der Waals surface area contributed by atoms with E-state index in [1.165, 1.54) is 23.6 Å². The lowest BCUT2D eigenvalue weighted by molar-refractivity contribution is 0.0786. The van der Waals surface area contributed by atoms with Gasteiger partial charge in [0.1, 0.15) is 0 Å². The van der Waals surface area contributed by atoms with Crippen LogP contribution in [0.1, 0.15) is 15.2 Å². The molecule has 0 unspecified atom stereocenters. The molecule has 0 aromatic carbocycles. The van der Waals surface area contributed by atoms with Crippen LogP contribution >= 0.6 is 22.9 Å². The van der Waals surface area contributed by atoms with Crippen molar-refractivity contribution in [2.45, 2.75) is 6.54 Å². The monoisotopic (exact) mass is 282 g/mol. The van der Waals surface area contributed by atoms with Crippen LogP contribution in [0.25, 0.3) is 0 Å². The van der Waals surface area contributed by atoms with Crippen LogP contribution in [0.15, 0.2) is 35.3 Å². The molecule has 2 rings (SSSR count). The van der Waals surface area contributed by atoms with Gasteiger partial charge in [0.05, 0.1) is 10.9 Å². The van der Waals surface area contributed by atoms with Crippen molar-refractivity contribution in [3.8, 4) is 0 Å². The summed E-state index contributed by atoms with van der Waals surface area (Å²) < 4.78 is 0.696. The Labute approximate surface area is 113 Å². The topological polar surface area (TPSA) is 53.2 Å². The maximum atomic E-state index is 12.1. The van der Waals surface area contributed by atoms with Crippen LogP contribution in [0.4, 0.5) is 0 Å². The summed E-state index contributed by atoms with van der Waals surface area (Å²) in [5.74, 6) is -0.189. The Hall–Kier alpha value is -1.59. The number of hydrogen-bond acceptors (Lipinski definition) is 3. The lowest BCUT2D eigenvalue weighted by Gasteiger charge is -2.15. The lowest BCUT2D eigenvalue weighted by atomic mass is 10.2. The summed E-state index contributed by atoms with van der Waals surface area (Å²) in [6.45, 7) is 0.475. The van der Waals surface area contributed by atoms with Gasteiger partial charge in [0.2, 0.25) is 5.56 Å². The fourth-order valence-electron chi connectivity index (χ4n) is 1.54. The zero-order chi connectivity index (χ0) is 13.1. The number of aromatic amines is 1. The standard InChI is InChI=1S/C12H11ClN2O2S/c1-15(7-9-2-3-10(13)18-9)12(17)8-4-5-14-11(16)6-8/h2-6H,7H2,1H3,(H,14,16). The van der Waals surface area contributed by atoms with Gasteiger partial charge in [-0.05, 0) is 18.2 Å². The third-order valence-corrected chi connectivity index (χ3v) is 3.61. The van der Waals surface area contributed by atoms with Crippen LogP contribution in [0.2, 0.25) is 4.34 Å². The average Bonchev–Trinajstić information content (AvgIpc) is 2.73. The third-order valence-electron chi connectivity index (χ3n) is 2.39. The molecule has 0 saturated heterocycles. The highest BCUT2D eigenvalue weighted by atomic mass is 35.5. The summed E-state index contributed by atoms with van der Waals surface area (Å²) in [5.41, 5.74) is 0.0947. The van der Waals surface area contributed by atoms with Gasteiger partial charge >= 0.3 is 0 Å². The second-order valence-electron chi connectivity index (χ2n) is 3.81. The van der Waals surface area contributed by atoms with Gasteiger partial charge in [-0.3, -0.25) is 9.59 Å². The lowest BCUT2D eigenvalue weighted by Crippen LogP contribution is -2.26. The molecule has 0 aliphatic rings. The molecule has 2 aromatic rings. The molecule has 94 valence electrons. The molecule has 1 N–H and O–H groups in total. The predicted molar refractivity (Wildman–Crippen MR) is 72.2 cm³/mol. The minimum atomic E-state index is -0.284. The first kappa shape index (κ1) is 12.9. The molecular formula is C12H11ClN2O2S. The summed E-state index contributed by atoms with van der Waals surface area (Å²) in [5, 5.41) is 0. The number of aromatic nitrogens is 1. The average molecular weight is 283 g/mol. The van der Waals surface area contributed by atoms with E-state index in [1.54, 1.807) is 24.1 Å². The third kappa shape index (κ3) is 3.00. The van der Waals surface area contributed by atoms with Crippen molar-refractivity contribution < 1.29 is 4.79 Å². The van der Waals surface area contributed by atoms with E-state index in [2.05, 4.69) is 4.98 Å². The Balaban J connectivity index is 2.11. The zero-order valence-electron chi connectivity index (χ0n) is 9.64. The van der Waals surface area contributed by atoms with Gasteiger partial charge in [-0.25, -0.2) is 0 Å². The van der Waals surface area contributed by atoms with Gasteiger partial charge in [-0.2, -0.15) is 0 Å². The quantitative estimate of drug-likeness (QED) is 0.940. The smallest absolute Gasteiger partial charge is 0.254 e. The fraction of sp³-hybridized carbons (Fsp3) is 0.167.